The molecule has 2 nitrogen and oxygen atoms in total. The van der Waals surface area contributed by atoms with Crippen LogP contribution < -0.4 is 4.74 Å². The lowest BCUT2D eigenvalue weighted by molar-refractivity contribution is 0.209. The molecule has 0 aliphatic carbocycles. The lowest BCUT2D eigenvalue weighted by Crippen LogP contribution is -2.05. The van der Waals surface area contributed by atoms with Crippen molar-refractivity contribution < 1.29 is 14.2 Å². The van der Waals surface area contributed by atoms with Crippen molar-refractivity contribution in [3.63, 3.8) is 0 Å². The molecule has 0 saturated carbocycles. The molecule has 0 amide bonds. The van der Waals surface area contributed by atoms with Crippen molar-refractivity contribution in [3.05, 3.63) is 65.0 Å². The molecule has 3 heteroatoms. The fourth-order valence-corrected chi connectivity index (χ4v) is 2.28. The first-order chi connectivity index (χ1) is 9.67. The lowest BCUT2D eigenvalue weighted by Gasteiger charge is -2.16. The zero-order valence-electron chi connectivity index (χ0n) is 11.8. The number of methoxy groups -OCH3 is 1. The van der Waals surface area contributed by atoms with Crippen molar-refractivity contribution in [1.29, 1.82) is 0 Å². The minimum absolute atomic E-state index is 0.179. The van der Waals surface area contributed by atoms with E-state index in [9.17, 15) is 9.50 Å². The molecule has 0 spiro atoms. The summed E-state index contributed by atoms with van der Waals surface area (Å²) in [6.45, 7) is 2.12. The highest BCUT2D eigenvalue weighted by atomic mass is 19.1. The minimum Gasteiger partial charge on any atom is -0.496 e. The molecule has 0 heterocycles. The molecule has 0 aromatic heterocycles. The molecule has 2 aromatic carbocycles. The first-order valence-electron chi connectivity index (χ1n) is 6.76. The third-order valence-corrected chi connectivity index (χ3v) is 3.34. The molecular formula is C17H19FO2. The van der Waals surface area contributed by atoms with Crippen LogP contribution in [0.15, 0.2) is 42.5 Å². The maximum absolute atomic E-state index is 13.9. The van der Waals surface area contributed by atoms with Gasteiger partial charge in [-0.25, -0.2) is 4.39 Å². The van der Waals surface area contributed by atoms with Crippen LogP contribution in [0.5, 0.6) is 5.75 Å². The molecule has 0 fully saturated rings. The Morgan fingerprint density at radius 2 is 1.85 bits per heavy atom. The summed E-state index contributed by atoms with van der Waals surface area (Å²) in [4.78, 5) is 0. The first-order valence-corrected chi connectivity index (χ1v) is 6.76. The van der Waals surface area contributed by atoms with Gasteiger partial charge in [0.05, 0.1) is 12.7 Å². The van der Waals surface area contributed by atoms with E-state index in [0.29, 0.717) is 11.3 Å². The third kappa shape index (κ3) is 2.99. The van der Waals surface area contributed by atoms with Crippen LogP contribution in [0.4, 0.5) is 4.39 Å². The van der Waals surface area contributed by atoms with Gasteiger partial charge < -0.3 is 9.84 Å². The average molecular weight is 274 g/mol. The topological polar surface area (TPSA) is 29.5 Å². The van der Waals surface area contributed by atoms with Crippen LogP contribution in [-0.4, -0.2) is 12.2 Å². The number of hydrogen-bond acceptors (Lipinski definition) is 2. The predicted molar refractivity (Wildman–Crippen MR) is 77.5 cm³/mol. The summed E-state index contributed by atoms with van der Waals surface area (Å²) < 4.78 is 19.1. The number of aryl methyl sites for hydroxylation is 1. The highest BCUT2D eigenvalue weighted by molar-refractivity contribution is 5.41. The molecule has 0 saturated heterocycles. The van der Waals surface area contributed by atoms with E-state index in [1.165, 1.54) is 18.7 Å². The van der Waals surface area contributed by atoms with Gasteiger partial charge in [0.2, 0.25) is 0 Å². The number of aliphatic hydroxyl groups excluding tert-OH is 1. The highest BCUT2D eigenvalue weighted by Gasteiger charge is 2.19. The van der Waals surface area contributed by atoms with Gasteiger partial charge in [-0.05, 0) is 29.7 Å². The molecule has 106 valence electrons. The van der Waals surface area contributed by atoms with E-state index in [2.05, 4.69) is 6.92 Å². The van der Waals surface area contributed by atoms with Crippen LogP contribution in [0.2, 0.25) is 0 Å². The molecule has 0 aliphatic heterocycles. The predicted octanol–water partition coefficient (Wildman–Crippen LogP) is 3.87. The molecule has 20 heavy (non-hydrogen) atoms. The molecule has 0 bridgehead atoms. The van der Waals surface area contributed by atoms with Gasteiger partial charge in [0.15, 0.2) is 0 Å². The Labute approximate surface area is 118 Å². The summed E-state index contributed by atoms with van der Waals surface area (Å²) in [7, 11) is 1.47. The Bertz CT molecular complexity index is 564. The van der Waals surface area contributed by atoms with E-state index >= 15 is 0 Å². The van der Waals surface area contributed by atoms with E-state index < -0.39 is 11.9 Å². The molecule has 1 atom stereocenters. The second-order valence-corrected chi connectivity index (χ2v) is 4.75. The van der Waals surface area contributed by atoms with Gasteiger partial charge in [0.1, 0.15) is 17.7 Å². The summed E-state index contributed by atoms with van der Waals surface area (Å²) in [6, 6.07) is 12.1. The van der Waals surface area contributed by atoms with Crippen LogP contribution in [-0.2, 0) is 6.42 Å². The number of hydrogen-bond donors (Lipinski definition) is 1. The van der Waals surface area contributed by atoms with E-state index in [1.807, 2.05) is 24.3 Å². The molecule has 0 radical (unpaired) electrons. The summed E-state index contributed by atoms with van der Waals surface area (Å²) in [6.07, 6.45) is 1.05. The summed E-state index contributed by atoms with van der Waals surface area (Å²) >= 11 is 0. The number of rotatable bonds is 5. The largest absolute Gasteiger partial charge is 0.496 e. The normalized spacial score (nSPS) is 12.2. The van der Waals surface area contributed by atoms with Crippen LogP contribution in [0.1, 0.15) is 36.1 Å². The minimum atomic E-state index is -1.03. The molecular weight excluding hydrogens is 255 g/mol. The van der Waals surface area contributed by atoms with Crippen molar-refractivity contribution in [2.24, 2.45) is 0 Å². The van der Waals surface area contributed by atoms with Crippen LogP contribution in [0.3, 0.4) is 0 Å². The zero-order valence-corrected chi connectivity index (χ0v) is 11.8. The fraction of sp³-hybridized carbons (Fsp3) is 0.294. The Hall–Kier alpha value is -1.87. The smallest absolute Gasteiger partial charge is 0.133 e. The maximum Gasteiger partial charge on any atom is 0.133 e. The van der Waals surface area contributed by atoms with Crippen molar-refractivity contribution in [3.8, 4) is 5.75 Å². The van der Waals surface area contributed by atoms with Crippen LogP contribution in [0, 0.1) is 5.82 Å². The van der Waals surface area contributed by atoms with Crippen molar-refractivity contribution >= 4 is 0 Å². The molecule has 0 aliphatic rings. The van der Waals surface area contributed by atoms with Gasteiger partial charge >= 0.3 is 0 Å². The Kier molecular flexibility index (Phi) is 4.74. The van der Waals surface area contributed by atoms with Crippen molar-refractivity contribution in [2.75, 3.05) is 7.11 Å². The van der Waals surface area contributed by atoms with Crippen LogP contribution in [0.25, 0.3) is 0 Å². The standard InChI is InChI=1S/C17H19FO2/c1-3-5-12-8-10-13(11-9-12)17(19)16-14(18)6-4-7-15(16)20-2/h4,6-11,17,19H,3,5H2,1-2H3. The number of halogens is 1. The molecule has 2 aromatic rings. The van der Waals surface area contributed by atoms with Gasteiger partial charge in [0, 0.05) is 0 Å². The van der Waals surface area contributed by atoms with Gasteiger partial charge in [0.25, 0.3) is 0 Å². The highest BCUT2D eigenvalue weighted by Crippen LogP contribution is 2.32. The average Bonchev–Trinajstić information content (AvgIpc) is 2.47. The molecule has 2 rings (SSSR count). The first kappa shape index (κ1) is 14.5. The maximum atomic E-state index is 13.9. The summed E-state index contributed by atoms with van der Waals surface area (Å²) in [5.74, 6) is -0.107. The van der Waals surface area contributed by atoms with Gasteiger partial charge in [-0.15, -0.1) is 0 Å². The SMILES string of the molecule is CCCc1ccc(C(O)c2c(F)cccc2OC)cc1. The van der Waals surface area contributed by atoms with Gasteiger partial charge in [-0.2, -0.15) is 0 Å². The van der Waals surface area contributed by atoms with E-state index in [4.69, 9.17) is 4.74 Å². The lowest BCUT2D eigenvalue weighted by atomic mass is 9.98. The second-order valence-electron chi connectivity index (χ2n) is 4.75. The number of benzene rings is 2. The molecule has 1 N–H and O–H groups in total. The fourth-order valence-electron chi connectivity index (χ4n) is 2.28. The number of ether oxygens (including phenoxy) is 1. The van der Waals surface area contributed by atoms with Crippen LogP contribution >= 0.6 is 0 Å². The van der Waals surface area contributed by atoms with Gasteiger partial charge in [-0.1, -0.05) is 43.7 Å². The zero-order chi connectivity index (χ0) is 14.5. The quantitative estimate of drug-likeness (QED) is 0.897. The van der Waals surface area contributed by atoms with E-state index in [0.717, 1.165) is 12.8 Å². The second kappa shape index (κ2) is 6.53. The Balaban J connectivity index is 2.33. The van der Waals surface area contributed by atoms with Crippen molar-refractivity contribution in [1.82, 2.24) is 0 Å². The number of aliphatic hydroxyl groups is 1. The third-order valence-electron chi connectivity index (χ3n) is 3.34. The monoisotopic (exact) mass is 274 g/mol. The Morgan fingerprint density at radius 1 is 1.15 bits per heavy atom. The summed E-state index contributed by atoms with van der Waals surface area (Å²) in [5.41, 5.74) is 2.05. The van der Waals surface area contributed by atoms with E-state index in [1.54, 1.807) is 12.1 Å². The summed E-state index contributed by atoms with van der Waals surface area (Å²) in [5, 5.41) is 10.4. The van der Waals surface area contributed by atoms with Gasteiger partial charge in [-0.3, -0.25) is 0 Å². The van der Waals surface area contributed by atoms with E-state index in [-0.39, 0.29) is 5.56 Å². The Morgan fingerprint density at radius 3 is 2.45 bits per heavy atom. The molecule has 1 unspecified atom stereocenters. The van der Waals surface area contributed by atoms with Crippen molar-refractivity contribution in [2.45, 2.75) is 25.9 Å².